The van der Waals surface area contributed by atoms with Crippen LogP contribution in [0.3, 0.4) is 0 Å². The molecule has 1 saturated carbocycles. The Morgan fingerprint density at radius 1 is 1.30 bits per heavy atom. The molecule has 1 aliphatic heterocycles. The molecule has 2 unspecified atom stereocenters. The van der Waals surface area contributed by atoms with Crippen LogP contribution in [0.1, 0.15) is 42.9 Å². The molecule has 2 atom stereocenters. The van der Waals surface area contributed by atoms with Crippen LogP contribution < -0.4 is 5.32 Å². The number of hydrogen-bond donors (Lipinski definition) is 2. The Kier molecular flexibility index (Phi) is 4.39. The Bertz CT molecular complexity index is 592. The second-order valence-corrected chi connectivity index (χ2v) is 6.75. The van der Waals surface area contributed by atoms with Crippen LogP contribution in [0.5, 0.6) is 0 Å². The maximum Gasteiger partial charge on any atom is 0.311 e. The Hall–Kier alpha value is -1.88. The van der Waals surface area contributed by atoms with Gasteiger partial charge in [-0.25, -0.2) is 0 Å². The fourth-order valence-corrected chi connectivity index (χ4v) is 3.14. The molecule has 1 heterocycles. The Balaban J connectivity index is 1.67. The number of amides is 1. The second-order valence-electron chi connectivity index (χ2n) is 6.75. The van der Waals surface area contributed by atoms with Gasteiger partial charge in [0.2, 0.25) is 5.91 Å². The maximum atomic E-state index is 12.6. The van der Waals surface area contributed by atoms with Crippen LogP contribution >= 0.6 is 0 Å². The van der Waals surface area contributed by atoms with Crippen molar-refractivity contribution in [2.75, 3.05) is 13.2 Å². The standard InChI is InChI=1S/C18H23NO4/c1-12-4-6-13(7-5-12)15-14(3-2-10-23-15)16(20)19-11-18(8-9-18)17(21)22/h4-7,14-15H,2-3,8-11H2,1H3,(H,19,20)(H,21,22). The maximum absolute atomic E-state index is 12.6. The van der Waals surface area contributed by atoms with Gasteiger partial charge in [0, 0.05) is 13.2 Å². The smallest absolute Gasteiger partial charge is 0.311 e. The van der Waals surface area contributed by atoms with Crippen molar-refractivity contribution in [2.45, 2.75) is 38.7 Å². The summed E-state index contributed by atoms with van der Waals surface area (Å²) < 4.78 is 5.86. The SMILES string of the molecule is Cc1ccc(C2OCCCC2C(=O)NCC2(C(=O)O)CC2)cc1. The Morgan fingerprint density at radius 3 is 2.61 bits per heavy atom. The fraction of sp³-hybridized carbons (Fsp3) is 0.556. The molecule has 5 nitrogen and oxygen atoms in total. The number of carboxylic acid groups (broad SMARTS) is 1. The molecule has 1 saturated heterocycles. The summed E-state index contributed by atoms with van der Waals surface area (Å²) in [5.74, 6) is -1.16. The second kappa shape index (κ2) is 6.32. The monoisotopic (exact) mass is 317 g/mol. The third-order valence-corrected chi connectivity index (χ3v) is 4.97. The van der Waals surface area contributed by atoms with Gasteiger partial charge in [-0.1, -0.05) is 29.8 Å². The molecule has 1 aromatic carbocycles. The van der Waals surface area contributed by atoms with E-state index >= 15 is 0 Å². The van der Waals surface area contributed by atoms with Gasteiger partial charge in [0.1, 0.15) is 0 Å². The molecule has 2 N–H and O–H groups in total. The molecule has 0 radical (unpaired) electrons. The molecule has 1 aromatic rings. The summed E-state index contributed by atoms with van der Waals surface area (Å²) in [7, 11) is 0. The van der Waals surface area contributed by atoms with Crippen LogP contribution in [0.2, 0.25) is 0 Å². The predicted molar refractivity (Wildman–Crippen MR) is 84.9 cm³/mol. The van der Waals surface area contributed by atoms with Gasteiger partial charge in [-0.15, -0.1) is 0 Å². The van der Waals surface area contributed by atoms with Gasteiger partial charge in [0.25, 0.3) is 0 Å². The number of carbonyl (C=O) groups excluding carboxylic acids is 1. The van der Waals surface area contributed by atoms with Crippen LogP contribution in [-0.4, -0.2) is 30.1 Å². The van der Waals surface area contributed by atoms with Gasteiger partial charge in [-0.05, 0) is 38.2 Å². The van der Waals surface area contributed by atoms with Gasteiger partial charge in [-0.2, -0.15) is 0 Å². The van der Waals surface area contributed by atoms with E-state index in [1.165, 1.54) is 5.56 Å². The molecular formula is C18H23NO4. The van der Waals surface area contributed by atoms with Crippen molar-refractivity contribution < 1.29 is 19.4 Å². The zero-order valence-electron chi connectivity index (χ0n) is 13.4. The molecule has 1 aliphatic carbocycles. The zero-order chi connectivity index (χ0) is 16.4. The van der Waals surface area contributed by atoms with E-state index in [2.05, 4.69) is 5.32 Å². The number of rotatable bonds is 5. The fourth-order valence-electron chi connectivity index (χ4n) is 3.14. The number of aryl methyl sites for hydroxylation is 1. The first-order chi connectivity index (χ1) is 11.0. The molecule has 1 amide bonds. The summed E-state index contributed by atoms with van der Waals surface area (Å²) in [6, 6.07) is 8.05. The van der Waals surface area contributed by atoms with E-state index in [1.807, 2.05) is 31.2 Å². The molecule has 23 heavy (non-hydrogen) atoms. The van der Waals surface area contributed by atoms with Crippen LogP contribution in [0.4, 0.5) is 0 Å². The summed E-state index contributed by atoms with van der Waals surface area (Å²) in [6.45, 7) is 2.90. The van der Waals surface area contributed by atoms with E-state index in [0.29, 0.717) is 19.4 Å². The van der Waals surface area contributed by atoms with Gasteiger partial charge in [-0.3, -0.25) is 9.59 Å². The zero-order valence-corrected chi connectivity index (χ0v) is 13.4. The van der Waals surface area contributed by atoms with E-state index in [0.717, 1.165) is 18.4 Å². The van der Waals surface area contributed by atoms with Crippen molar-refractivity contribution in [3.05, 3.63) is 35.4 Å². The number of carbonyl (C=O) groups is 2. The van der Waals surface area contributed by atoms with Crippen molar-refractivity contribution in [1.29, 1.82) is 0 Å². The number of aliphatic carboxylic acids is 1. The quantitative estimate of drug-likeness (QED) is 0.874. The van der Waals surface area contributed by atoms with E-state index in [9.17, 15) is 14.7 Å². The summed E-state index contributed by atoms with van der Waals surface area (Å²) in [5.41, 5.74) is 1.45. The van der Waals surface area contributed by atoms with Gasteiger partial charge in [0.05, 0.1) is 17.4 Å². The highest BCUT2D eigenvalue weighted by molar-refractivity contribution is 5.82. The summed E-state index contributed by atoms with van der Waals surface area (Å²) in [5, 5.41) is 12.1. The topological polar surface area (TPSA) is 75.6 Å². The number of ether oxygens (including phenoxy) is 1. The lowest BCUT2D eigenvalue weighted by atomic mass is 9.88. The molecule has 0 bridgehead atoms. The number of benzene rings is 1. The van der Waals surface area contributed by atoms with Crippen molar-refractivity contribution in [2.24, 2.45) is 11.3 Å². The molecule has 0 aromatic heterocycles. The summed E-state index contributed by atoms with van der Waals surface area (Å²) in [6.07, 6.45) is 2.66. The summed E-state index contributed by atoms with van der Waals surface area (Å²) >= 11 is 0. The minimum absolute atomic E-state index is 0.0946. The van der Waals surface area contributed by atoms with Crippen LogP contribution in [0.25, 0.3) is 0 Å². The number of carboxylic acids is 1. The highest BCUT2D eigenvalue weighted by Gasteiger charge is 2.50. The van der Waals surface area contributed by atoms with E-state index < -0.39 is 11.4 Å². The predicted octanol–water partition coefficient (Wildman–Crippen LogP) is 2.44. The molecule has 2 aliphatic rings. The normalized spacial score (nSPS) is 25.6. The Labute approximate surface area is 136 Å². The number of hydrogen-bond acceptors (Lipinski definition) is 3. The van der Waals surface area contributed by atoms with Gasteiger partial charge < -0.3 is 15.2 Å². The minimum atomic E-state index is -0.812. The van der Waals surface area contributed by atoms with Crippen LogP contribution in [-0.2, 0) is 14.3 Å². The van der Waals surface area contributed by atoms with Crippen LogP contribution in [0, 0.1) is 18.3 Å². The molecule has 5 heteroatoms. The molecule has 3 rings (SSSR count). The molecule has 124 valence electrons. The average Bonchev–Trinajstić information content (AvgIpc) is 3.35. The van der Waals surface area contributed by atoms with E-state index in [-0.39, 0.29) is 24.5 Å². The lowest BCUT2D eigenvalue weighted by Crippen LogP contribution is -2.41. The minimum Gasteiger partial charge on any atom is -0.481 e. The van der Waals surface area contributed by atoms with Gasteiger partial charge in [0.15, 0.2) is 0 Å². The van der Waals surface area contributed by atoms with Crippen molar-refractivity contribution in [3.8, 4) is 0 Å². The molecular weight excluding hydrogens is 294 g/mol. The highest BCUT2D eigenvalue weighted by atomic mass is 16.5. The molecule has 0 spiro atoms. The van der Waals surface area contributed by atoms with E-state index in [4.69, 9.17) is 4.74 Å². The van der Waals surface area contributed by atoms with Crippen LogP contribution in [0.15, 0.2) is 24.3 Å². The van der Waals surface area contributed by atoms with Crippen molar-refractivity contribution in [3.63, 3.8) is 0 Å². The van der Waals surface area contributed by atoms with E-state index in [1.54, 1.807) is 0 Å². The Morgan fingerprint density at radius 2 is 2.00 bits per heavy atom. The largest absolute Gasteiger partial charge is 0.481 e. The number of nitrogens with one attached hydrogen (secondary N) is 1. The third-order valence-electron chi connectivity index (χ3n) is 4.97. The molecule has 2 fully saturated rings. The van der Waals surface area contributed by atoms with Crippen molar-refractivity contribution >= 4 is 11.9 Å². The first-order valence-electron chi connectivity index (χ1n) is 8.21. The summed E-state index contributed by atoms with van der Waals surface area (Å²) in [4.78, 5) is 23.8. The first kappa shape index (κ1) is 16.0. The lowest BCUT2D eigenvalue weighted by molar-refractivity contribution is -0.143. The third kappa shape index (κ3) is 3.39. The highest BCUT2D eigenvalue weighted by Crippen LogP contribution is 2.45. The first-order valence-corrected chi connectivity index (χ1v) is 8.21. The van der Waals surface area contributed by atoms with Crippen molar-refractivity contribution in [1.82, 2.24) is 5.32 Å². The lowest BCUT2D eigenvalue weighted by Gasteiger charge is -2.31. The average molecular weight is 317 g/mol. The van der Waals surface area contributed by atoms with Gasteiger partial charge >= 0.3 is 5.97 Å².